The number of H-pyrrole nitrogens is 1. The lowest BCUT2D eigenvalue weighted by atomic mass is 9.86. The van der Waals surface area contributed by atoms with Gasteiger partial charge in [0.25, 0.3) is 0 Å². The number of rotatable bonds is 4. The van der Waals surface area contributed by atoms with E-state index in [4.69, 9.17) is 4.52 Å². The van der Waals surface area contributed by atoms with Crippen molar-refractivity contribution < 1.29 is 9.32 Å². The number of nitrogens with zero attached hydrogens (tertiary/aromatic N) is 2. The molecule has 128 valence electrons. The normalized spacial score (nSPS) is 26.7. The van der Waals surface area contributed by atoms with Gasteiger partial charge in [0.2, 0.25) is 5.91 Å². The van der Waals surface area contributed by atoms with E-state index in [1.54, 1.807) is 0 Å². The number of hydrogen-bond donors (Lipinski definition) is 2. The molecule has 2 aliphatic rings. The van der Waals surface area contributed by atoms with E-state index in [9.17, 15) is 4.79 Å². The number of carbonyl (C=O) groups is 1. The number of anilines is 1. The SMILES string of the molecule is Cc1noc(C)c1[C@@H](C)C(=O)Nc1cc([C@H]2C[C@H]3CC[C@H]2C3)[nH]n1. The Morgan fingerprint density at radius 1 is 1.38 bits per heavy atom. The smallest absolute Gasteiger partial charge is 0.233 e. The maximum absolute atomic E-state index is 12.5. The van der Waals surface area contributed by atoms with Crippen LogP contribution in [0, 0.1) is 25.7 Å². The number of aromatic amines is 1. The number of hydrogen-bond acceptors (Lipinski definition) is 4. The number of aryl methyl sites for hydroxylation is 2. The van der Waals surface area contributed by atoms with Crippen molar-refractivity contribution in [1.82, 2.24) is 15.4 Å². The van der Waals surface area contributed by atoms with Crippen LogP contribution < -0.4 is 5.32 Å². The Morgan fingerprint density at radius 2 is 2.21 bits per heavy atom. The van der Waals surface area contributed by atoms with Crippen LogP contribution in [0.2, 0.25) is 0 Å². The van der Waals surface area contributed by atoms with E-state index in [0.717, 1.165) is 23.1 Å². The van der Waals surface area contributed by atoms with Crippen molar-refractivity contribution >= 4 is 11.7 Å². The van der Waals surface area contributed by atoms with Crippen LogP contribution in [0.3, 0.4) is 0 Å². The van der Waals surface area contributed by atoms with Gasteiger partial charge in [-0.2, -0.15) is 5.10 Å². The first-order valence-electron chi connectivity index (χ1n) is 8.82. The summed E-state index contributed by atoms with van der Waals surface area (Å²) in [6, 6.07) is 2.00. The summed E-state index contributed by atoms with van der Waals surface area (Å²) < 4.78 is 5.16. The number of amides is 1. The molecule has 0 unspecified atom stereocenters. The monoisotopic (exact) mass is 328 g/mol. The highest BCUT2D eigenvalue weighted by atomic mass is 16.5. The Bertz CT molecular complexity index is 743. The topological polar surface area (TPSA) is 83.8 Å². The molecule has 4 rings (SSSR count). The van der Waals surface area contributed by atoms with Crippen LogP contribution in [0.1, 0.15) is 67.2 Å². The highest BCUT2D eigenvalue weighted by molar-refractivity contribution is 5.95. The van der Waals surface area contributed by atoms with Crippen molar-refractivity contribution in [2.45, 2.75) is 58.3 Å². The first-order valence-corrected chi connectivity index (χ1v) is 8.82. The second-order valence-corrected chi connectivity index (χ2v) is 7.44. The zero-order valence-corrected chi connectivity index (χ0v) is 14.4. The van der Waals surface area contributed by atoms with Crippen molar-refractivity contribution in [2.24, 2.45) is 11.8 Å². The van der Waals surface area contributed by atoms with Gasteiger partial charge < -0.3 is 9.84 Å². The van der Waals surface area contributed by atoms with Crippen LogP contribution in [0.4, 0.5) is 5.82 Å². The maximum Gasteiger partial charge on any atom is 0.233 e. The van der Waals surface area contributed by atoms with Gasteiger partial charge in [0, 0.05) is 23.2 Å². The molecule has 0 saturated heterocycles. The molecular weight excluding hydrogens is 304 g/mol. The standard InChI is InChI=1S/C18H24N4O2/c1-9(17-10(2)22-24-11(17)3)18(23)19-16-8-15(20-21-16)14-7-12-4-5-13(14)6-12/h8-9,12-14H,4-7H2,1-3H3,(H2,19,20,21,23)/t9-,12+,13+,14+/m1/s1. The third-order valence-corrected chi connectivity index (χ3v) is 5.90. The van der Waals surface area contributed by atoms with Crippen LogP contribution >= 0.6 is 0 Å². The van der Waals surface area contributed by atoms with Gasteiger partial charge in [0.15, 0.2) is 5.82 Å². The highest BCUT2D eigenvalue weighted by Crippen LogP contribution is 2.52. The van der Waals surface area contributed by atoms with Crippen molar-refractivity contribution in [3.63, 3.8) is 0 Å². The lowest BCUT2D eigenvalue weighted by Crippen LogP contribution is -2.20. The average Bonchev–Trinajstić information content (AvgIpc) is 3.32. The van der Waals surface area contributed by atoms with E-state index in [2.05, 4.69) is 20.7 Å². The third-order valence-electron chi connectivity index (χ3n) is 5.90. The Hall–Kier alpha value is -2.11. The maximum atomic E-state index is 12.5. The Morgan fingerprint density at radius 3 is 2.83 bits per heavy atom. The average molecular weight is 328 g/mol. The molecule has 2 saturated carbocycles. The van der Waals surface area contributed by atoms with Gasteiger partial charge in [0.1, 0.15) is 5.76 Å². The summed E-state index contributed by atoms with van der Waals surface area (Å²) in [5.74, 6) is 3.16. The molecule has 0 aromatic carbocycles. The van der Waals surface area contributed by atoms with Gasteiger partial charge in [0.05, 0.1) is 11.6 Å². The second kappa shape index (κ2) is 5.76. The summed E-state index contributed by atoms with van der Waals surface area (Å²) in [5.41, 5.74) is 2.79. The van der Waals surface area contributed by atoms with E-state index in [1.807, 2.05) is 26.8 Å². The van der Waals surface area contributed by atoms with Crippen LogP contribution in [-0.2, 0) is 4.79 Å². The molecule has 0 aliphatic heterocycles. The van der Waals surface area contributed by atoms with Crippen molar-refractivity contribution in [3.05, 3.63) is 28.8 Å². The van der Waals surface area contributed by atoms with Crippen molar-refractivity contribution in [1.29, 1.82) is 0 Å². The molecule has 24 heavy (non-hydrogen) atoms. The molecule has 2 aromatic rings. The molecule has 2 aromatic heterocycles. The van der Waals surface area contributed by atoms with E-state index in [0.29, 0.717) is 17.5 Å². The zero-order valence-electron chi connectivity index (χ0n) is 14.4. The number of fused-ring (bicyclic) bond motifs is 2. The molecule has 6 heteroatoms. The molecule has 0 radical (unpaired) electrons. The minimum atomic E-state index is -0.320. The van der Waals surface area contributed by atoms with Crippen LogP contribution in [-0.4, -0.2) is 21.3 Å². The summed E-state index contributed by atoms with van der Waals surface area (Å²) in [6.07, 6.45) is 5.33. The lowest BCUT2D eigenvalue weighted by molar-refractivity contribution is -0.117. The van der Waals surface area contributed by atoms with Gasteiger partial charge >= 0.3 is 0 Å². The fourth-order valence-corrected chi connectivity index (χ4v) is 4.69. The molecule has 4 atom stereocenters. The van der Waals surface area contributed by atoms with E-state index < -0.39 is 0 Å². The molecule has 2 aliphatic carbocycles. The quantitative estimate of drug-likeness (QED) is 0.897. The molecule has 2 N–H and O–H groups in total. The Balaban J connectivity index is 1.45. The van der Waals surface area contributed by atoms with E-state index in [-0.39, 0.29) is 11.8 Å². The zero-order chi connectivity index (χ0) is 16.8. The van der Waals surface area contributed by atoms with Crippen LogP contribution in [0.15, 0.2) is 10.6 Å². The molecule has 6 nitrogen and oxygen atoms in total. The lowest BCUT2D eigenvalue weighted by Gasteiger charge is -2.19. The minimum absolute atomic E-state index is 0.0876. The van der Waals surface area contributed by atoms with Crippen molar-refractivity contribution in [3.8, 4) is 0 Å². The van der Waals surface area contributed by atoms with Crippen LogP contribution in [0.5, 0.6) is 0 Å². The predicted molar refractivity (Wildman–Crippen MR) is 89.8 cm³/mol. The third kappa shape index (κ3) is 2.54. The highest BCUT2D eigenvalue weighted by Gasteiger charge is 2.41. The van der Waals surface area contributed by atoms with Gasteiger partial charge in [-0.25, -0.2) is 0 Å². The fourth-order valence-electron chi connectivity index (χ4n) is 4.69. The summed E-state index contributed by atoms with van der Waals surface area (Å²) in [4.78, 5) is 12.5. The van der Waals surface area contributed by atoms with Gasteiger partial charge in [-0.3, -0.25) is 9.89 Å². The molecule has 2 fully saturated rings. The Labute approximate surface area is 141 Å². The van der Waals surface area contributed by atoms with Crippen molar-refractivity contribution in [2.75, 3.05) is 5.32 Å². The first-order chi connectivity index (χ1) is 11.5. The van der Waals surface area contributed by atoms with Gasteiger partial charge in [-0.15, -0.1) is 0 Å². The largest absolute Gasteiger partial charge is 0.361 e. The number of aromatic nitrogens is 3. The molecule has 0 spiro atoms. The van der Waals surface area contributed by atoms with E-state index >= 15 is 0 Å². The van der Waals surface area contributed by atoms with Gasteiger partial charge in [-0.1, -0.05) is 11.6 Å². The Kier molecular flexibility index (Phi) is 3.70. The minimum Gasteiger partial charge on any atom is -0.361 e. The summed E-state index contributed by atoms with van der Waals surface area (Å²) in [5, 5.41) is 14.3. The summed E-state index contributed by atoms with van der Waals surface area (Å²) >= 11 is 0. The molecule has 2 heterocycles. The van der Waals surface area contributed by atoms with E-state index in [1.165, 1.54) is 31.4 Å². The molecule has 1 amide bonds. The summed E-state index contributed by atoms with van der Waals surface area (Å²) in [6.45, 7) is 5.56. The summed E-state index contributed by atoms with van der Waals surface area (Å²) in [7, 11) is 0. The first kappa shape index (κ1) is 15.4. The number of carbonyl (C=O) groups excluding carboxylic acids is 1. The molecular formula is C18H24N4O2. The predicted octanol–water partition coefficient (Wildman–Crippen LogP) is 3.66. The van der Waals surface area contributed by atoms with Crippen LogP contribution in [0.25, 0.3) is 0 Å². The second-order valence-electron chi connectivity index (χ2n) is 7.44. The number of nitrogens with one attached hydrogen (secondary N) is 2. The van der Waals surface area contributed by atoms with Gasteiger partial charge in [-0.05, 0) is 51.9 Å². The molecule has 2 bridgehead atoms. The fraction of sp³-hybridized carbons (Fsp3) is 0.611.